The number of diazo groups is 1. The third kappa shape index (κ3) is 1.46. The summed E-state index contributed by atoms with van der Waals surface area (Å²) >= 11 is 0.623. The molecule has 1 aromatic heterocycles. The largest absolute Gasteiger partial charge is 0.476 e. The molecule has 0 aliphatic heterocycles. The lowest BCUT2D eigenvalue weighted by Crippen LogP contribution is -2.25. The Morgan fingerprint density at radius 2 is 2.38 bits per heavy atom. The van der Waals surface area contributed by atoms with E-state index in [4.69, 9.17) is 10.5 Å². The van der Waals surface area contributed by atoms with Crippen LogP contribution in [0.25, 0.3) is 4.98 Å². The number of hydrogen-bond donors (Lipinski definition) is 1. The highest BCUT2D eigenvalue weighted by Gasteiger charge is 2.49. The number of rotatable bonds is 2. The maximum atomic E-state index is 12.7. The van der Waals surface area contributed by atoms with Gasteiger partial charge in [0.25, 0.3) is 0 Å². The fourth-order valence-corrected chi connectivity index (χ4v) is 1.23. The van der Waals surface area contributed by atoms with Crippen molar-refractivity contribution < 1.29 is 18.7 Å². The van der Waals surface area contributed by atoms with Gasteiger partial charge in [0.1, 0.15) is 0 Å². The van der Waals surface area contributed by atoms with Crippen LogP contribution in [0.2, 0.25) is 0 Å². The summed E-state index contributed by atoms with van der Waals surface area (Å²) in [5.74, 6) is -6.45. The van der Waals surface area contributed by atoms with E-state index in [1.54, 1.807) is 0 Å². The Morgan fingerprint density at radius 3 is 2.85 bits per heavy atom. The predicted molar refractivity (Wildman–Crippen MR) is 38.4 cm³/mol. The number of nitrogens with zero attached hydrogens (tertiary/aromatic N) is 3. The van der Waals surface area contributed by atoms with E-state index in [-0.39, 0.29) is 0 Å². The molecule has 5 nitrogen and oxygen atoms in total. The molecule has 0 atom stereocenters. The van der Waals surface area contributed by atoms with Gasteiger partial charge in [0.05, 0.1) is 5.51 Å². The topological polar surface area (TPSA) is 78.3 Å². The van der Waals surface area contributed by atoms with Gasteiger partial charge in [-0.25, -0.2) is 9.78 Å². The van der Waals surface area contributed by atoms with Crippen LogP contribution in [-0.4, -0.2) is 16.1 Å². The smallest absolute Gasteiger partial charge is 0.470 e. The first kappa shape index (κ1) is 9.47. The minimum Gasteiger partial charge on any atom is -0.476 e. The molecule has 0 aliphatic carbocycles. The van der Waals surface area contributed by atoms with Gasteiger partial charge in [-0.05, 0) is 11.3 Å². The second-order valence-electron chi connectivity index (χ2n) is 1.99. The zero-order chi connectivity index (χ0) is 10.1. The molecule has 1 N–H and O–H groups in total. The zero-order valence-electron chi connectivity index (χ0n) is 5.94. The quantitative estimate of drug-likeness (QED) is 0.748. The van der Waals surface area contributed by atoms with Crippen molar-refractivity contribution in [3.63, 3.8) is 0 Å². The molecule has 0 unspecified atom stereocenters. The predicted octanol–water partition coefficient (Wildman–Crippen LogP) is 1.80. The molecule has 0 aromatic carbocycles. The number of aliphatic carboxylic acids is 1. The van der Waals surface area contributed by atoms with Crippen molar-refractivity contribution >= 4 is 22.3 Å². The van der Waals surface area contributed by atoms with Gasteiger partial charge in [0, 0.05) is 0 Å². The van der Waals surface area contributed by atoms with Gasteiger partial charge in [-0.15, -0.1) is 0 Å². The number of carbonyl (C=O) groups is 1. The summed E-state index contributed by atoms with van der Waals surface area (Å²) in [7, 11) is 0. The van der Waals surface area contributed by atoms with Crippen LogP contribution in [0.1, 0.15) is 5.69 Å². The van der Waals surface area contributed by atoms with Crippen LogP contribution in [0.4, 0.5) is 13.8 Å². The van der Waals surface area contributed by atoms with Crippen molar-refractivity contribution in [1.29, 1.82) is 5.39 Å². The van der Waals surface area contributed by atoms with Gasteiger partial charge >= 0.3 is 16.9 Å². The van der Waals surface area contributed by atoms with Crippen molar-refractivity contribution in [1.82, 2.24) is 4.98 Å². The first-order valence-electron chi connectivity index (χ1n) is 2.90. The molecule has 68 valence electrons. The second-order valence-corrected chi connectivity index (χ2v) is 2.82. The normalized spacial score (nSPS) is 10.8. The molecule has 0 saturated carbocycles. The summed E-state index contributed by atoms with van der Waals surface area (Å²) in [6.07, 6.45) is 0. The van der Waals surface area contributed by atoms with Gasteiger partial charge < -0.3 is 5.11 Å². The minimum atomic E-state index is -4.12. The Kier molecular flexibility index (Phi) is 2.20. The van der Waals surface area contributed by atoms with Crippen LogP contribution in [0.3, 0.4) is 0 Å². The highest BCUT2D eigenvalue weighted by Crippen LogP contribution is 2.36. The molecule has 0 spiro atoms. The van der Waals surface area contributed by atoms with Crippen LogP contribution in [0.15, 0.2) is 5.51 Å². The van der Waals surface area contributed by atoms with E-state index in [0.717, 1.165) is 5.51 Å². The summed E-state index contributed by atoms with van der Waals surface area (Å²) in [5, 5.41) is 15.8. The summed E-state index contributed by atoms with van der Waals surface area (Å²) in [6.45, 7) is 0. The SMILES string of the molecule is N#[N+]c1scnc1C(F)(F)C(=O)O. The molecule has 13 heavy (non-hydrogen) atoms. The van der Waals surface area contributed by atoms with Crippen LogP contribution < -0.4 is 0 Å². The number of carboxylic acids is 1. The van der Waals surface area contributed by atoms with Gasteiger partial charge in [-0.1, -0.05) is 0 Å². The number of thiazole rings is 1. The number of carboxylic acid groups (broad SMARTS) is 1. The molecule has 0 aliphatic rings. The molecular weight excluding hydrogens is 204 g/mol. The van der Waals surface area contributed by atoms with E-state index in [1.165, 1.54) is 0 Å². The first-order chi connectivity index (χ1) is 6.00. The number of alkyl halides is 2. The molecule has 0 radical (unpaired) electrons. The minimum absolute atomic E-state index is 0.507. The lowest BCUT2D eigenvalue weighted by molar-refractivity contribution is -0.166. The fraction of sp³-hybridized carbons (Fsp3) is 0.200. The van der Waals surface area contributed by atoms with E-state index >= 15 is 0 Å². The van der Waals surface area contributed by atoms with E-state index in [0.29, 0.717) is 11.3 Å². The third-order valence-corrected chi connectivity index (χ3v) is 1.91. The highest BCUT2D eigenvalue weighted by molar-refractivity contribution is 7.14. The third-order valence-electron chi connectivity index (χ3n) is 1.21. The molecule has 1 heterocycles. The number of halogens is 2. The maximum absolute atomic E-state index is 12.7. The average molecular weight is 206 g/mol. The monoisotopic (exact) mass is 206 g/mol. The summed E-state index contributed by atoms with van der Waals surface area (Å²) in [5.41, 5.74) is -0.0752. The Labute approximate surface area is 74.3 Å². The van der Waals surface area contributed by atoms with E-state index < -0.39 is 22.6 Å². The number of hydrogen-bond acceptors (Lipinski definition) is 4. The van der Waals surface area contributed by atoms with Crippen molar-refractivity contribution in [2.24, 2.45) is 0 Å². The molecule has 0 saturated heterocycles. The Bertz CT molecular complexity index is 383. The Balaban J connectivity index is 3.23. The molecule has 1 aromatic rings. The molecule has 0 amide bonds. The van der Waals surface area contributed by atoms with Crippen molar-refractivity contribution in [2.45, 2.75) is 5.92 Å². The zero-order valence-corrected chi connectivity index (χ0v) is 6.76. The van der Waals surface area contributed by atoms with Crippen LogP contribution in [0, 0.1) is 5.39 Å². The van der Waals surface area contributed by atoms with Gasteiger partial charge in [0.15, 0.2) is 4.98 Å². The Hall–Kier alpha value is -1.62. The van der Waals surface area contributed by atoms with Crippen LogP contribution >= 0.6 is 11.3 Å². The average Bonchev–Trinajstić information content (AvgIpc) is 2.51. The number of aromatic nitrogens is 1. The van der Waals surface area contributed by atoms with Gasteiger partial charge in [-0.2, -0.15) is 8.78 Å². The second kappa shape index (κ2) is 3.02. The standard InChI is InChI=1S/C5HF2N3O2S/c6-5(7,4(11)12)2-3(10-8)13-1-9-2/h1H/p+1. The molecule has 8 heteroatoms. The molecule has 1 rings (SSSR count). The van der Waals surface area contributed by atoms with Gasteiger partial charge in [-0.3, -0.25) is 0 Å². The van der Waals surface area contributed by atoms with E-state index in [9.17, 15) is 13.6 Å². The molecule has 0 bridgehead atoms. The van der Waals surface area contributed by atoms with Crippen LogP contribution in [0.5, 0.6) is 0 Å². The van der Waals surface area contributed by atoms with Crippen LogP contribution in [-0.2, 0) is 10.7 Å². The fourth-order valence-electron chi connectivity index (χ4n) is 0.628. The molecule has 0 fully saturated rings. The maximum Gasteiger partial charge on any atom is 0.470 e. The first-order valence-corrected chi connectivity index (χ1v) is 3.78. The summed E-state index contributed by atoms with van der Waals surface area (Å²) in [6, 6.07) is 0. The van der Waals surface area contributed by atoms with Gasteiger partial charge in [0.2, 0.25) is 11.1 Å². The van der Waals surface area contributed by atoms with Crippen molar-refractivity contribution in [3.8, 4) is 0 Å². The van der Waals surface area contributed by atoms with E-state index in [2.05, 4.69) is 9.96 Å². The lowest BCUT2D eigenvalue weighted by Gasteiger charge is -2.04. The highest BCUT2D eigenvalue weighted by atomic mass is 32.1. The van der Waals surface area contributed by atoms with E-state index in [1.807, 2.05) is 0 Å². The molecular formula is C5H2F2N3O2S+. The summed E-state index contributed by atoms with van der Waals surface area (Å²) in [4.78, 5) is 15.7. The lowest BCUT2D eigenvalue weighted by atomic mass is 10.2. The Morgan fingerprint density at radius 1 is 1.77 bits per heavy atom. The van der Waals surface area contributed by atoms with Crippen molar-refractivity contribution in [3.05, 3.63) is 16.2 Å². The summed E-state index contributed by atoms with van der Waals surface area (Å²) < 4.78 is 25.5. The van der Waals surface area contributed by atoms with Crippen molar-refractivity contribution in [2.75, 3.05) is 0 Å².